The van der Waals surface area contributed by atoms with Gasteiger partial charge in [0.15, 0.2) is 0 Å². The molecule has 1 saturated carbocycles. The van der Waals surface area contributed by atoms with E-state index in [4.69, 9.17) is 0 Å². The fraction of sp³-hybridized carbons (Fsp3) is 0.579. The van der Waals surface area contributed by atoms with Crippen molar-refractivity contribution in [2.45, 2.75) is 63.0 Å². The van der Waals surface area contributed by atoms with Crippen LogP contribution in [0.15, 0.2) is 34.7 Å². The van der Waals surface area contributed by atoms with Crippen LogP contribution >= 0.6 is 11.8 Å². The SMILES string of the molecule is CCNCC(C)=C(C)c1ccc(SC2CCCCC2)cc1. The molecule has 1 aliphatic rings. The highest BCUT2D eigenvalue weighted by Crippen LogP contribution is 2.34. The maximum Gasteiger partial charge on any atom is 0.0167 e. The molecule has 1 fully saturated rings. The molecule has 0 saturated heterocycles. The molecular weight excluding hydrogens is 274 g/mol. The first kappa shape index (κ1) is 16.6. The molecule has 1 N–H and O–H groups in total. The predicted molar refractivity (Wildman–Crippen MR) is 96.0 cm³/mol. The van der Waals surface area contributed by atoms with Gasteiger partial charge >= 0.3 is 0 Å². The highest BCUT2D eigenvalue weighted by Gasteiger charge is 2.14. The molecule has 0 heterocycles. The Balaban J connectivity index is 1.97. The number of benzene rings is 1. The summed E-state index contributed by atoms with van der Waals surface area (Å²) in [5, 5.41) is 4.25. The summed E-state index contributed by atoms with van der Waals surface area (Å²) < 4.78 is 0. The third-order valence-corrected chi connectivity index (χ3v) is 5.77. The van der Waals surface area contributed by atoms with Crippen molar-refractivity contribution >= 4 is 17.3 Å². The molecular formula is C19H29NS. The third-order valence-electron chi connectivity index (χ3n) is 4.42. The van der Waals surface area contributed by atoms with Gasteiger partial charge in [-0.25, -0.2) is 0 Å². The van der Waals surface area contributed by atoms with Crippen LogP contribution in [0.2, 0.25) is 0 Å². The van der Waals surface area contributed by atoms with Gasteiger partial charge in [0.2, 0.25) is 0 Å². The molecule has 1 aromatic rings. The lowest BCUT2D eigenvalue weighted by molar-refractivity contribution is 0.516. The Hall–Kier alpha value is -0.730. The normalized spacial score (nSPS) is 17.7. The molecule has 21 heavy (non-hydrogen) atoms. The molecule has 0 radical (unpaired) electrons. The van der Waals surface area contributed by atoms with Crippen LogP contribution in [-0.4, -0.2) is 18.3 Å². The van der Waals surface area contributed by atoms with Gasteiger partial charge in [0.25, 0.3) is 0 Å². The van der Waals surface area contributed by atoms with Gasteiger partial charge < -0.3 is 5.32 Å². The zero-order valence-electron chi connectivity index (χ0n) is 13.7. The number of thioether (sulfide) groups is 1. The van der Waals surface area contributed by atoms with Gasteiger partial charge in [0, 0.05) is 16.7 Å². The van der Waals surface area contributed by atoms with Crippen LogP contribution in [-0.2, 0) is 0 Å². The van der Waals surface area contributed by atoms with Crippen LogP contribution in [0.1, 0.15) is 58.4 Å². The average molecular weight is 304 g/mol. The second-order valence-electron chi connectivity index (χ2n) is 6.09. The highest BCUT2D eigenvalue weighted by molar-refractivity contribution is 8.00. The molecule has 0 atom stereocenters. The van der Waals surface area contributed by atoms with E-state index in [0.717, 1.165) is 18.3 Å². The summed E-state index contributed by atoms with van der Waals surface area (Å²) in [7, 11) is 0. The molecule has 0 unspecified atom stereocenters. The lowest BCUT2D eigenvalue weighted by Crippen LogP contribution is -2.15. The first-order valence-corrected chi connectivity index (χ1v) is 9.23. The van der Waals surface area contributed by atoms with Crippen LogP contribution in [0.5, 0.6) is 0 Å². The summed E-state index contributed by atoms with van der Waals surface area (Å²) in [6.07, 6.45) is 7.06. The van der Waals surface area contributed by atoms with E-state index in [1.165, 1.54) is 53.7 Å². The van der Waals surface area contributed by atoms with Crippen molar-refractivity contribution in [3.05, 3.63) is 35.4 Å². The van der Waals surface area contributed by atoms with E-state index in [0.29, 0.717) is 0 Å². The molecule has 0 aromatic heterocycles. The molecule has 0 spiro atoms. The largest absolute Gasteiger partial charge is 0.313 e. The second kappa shape index (κ2) is 8.65. The van der Waals surface area contributed by atoms with Crippen LogP contribution in [0.4, 0.5) is 0 Å². The van der Waals surface area contributed by atoms with Gasteiger partial charge in [0.05, 0.1) is 0 Å². The van der Waals surface area contributed by atoms with Crippen molar-refractivity contribution in [1.29, 1.82) is 0 Å². The van der Waals surface area contributed by atoms with E-state index < -0.39 is 0 Å². The third kappa shape index (κ3) is 5.19. The Morgan fingerprint density at radius 3 is 2.38 bits per heavy atom. The van der Waals surface area contributed by atoms with Gasteiger partial charge in [-0.3, -0.25) is 0 Å². The summed E-state index contributed by atoms with van der Waals surface area (Å²) in [5.41, 5.74) is 4.20. The number of hydrogen-bond acceptors (Lipinski definition) is 2. The average Bonchev–Trinajstić information content (AvgIpc) is 2.53. The van der Waals surface area contributed by atoms with E-state index in [1.807, 2.05) is 0 Å². The molecule has 0 aliphatic heterocycles. The monoisotopic (exact) mass is 303 g/mol. The van der Waals surface area contributed by atoms with E-state index in [1.54, 1.807) is 0 Å². The molecule has 0 amide bonds. The van der Waals surface area contributed by atoms with Crippen LogP contribution in [0, 0.1) is 0 Å². The summed E-state index contributed by atoms with van der Waals surface area (Å²) in [6, 6.07) is 9.18. The number of rotatable bonds is 6. The van der Waals surface area contributed by atoms with Crippen LogP contribution in [0.3, 0.4) is 0 Å². The molecule has 116 valence electrons. The maximum absolute atomic E-state index is 3.40. The van der Waals surface area contributed by atoms with E-state index in [2.05, 4.69) is 62.1 Å². The van der Waals surface area contributed by atoms with Gasteiger partial charge in [-0.15, -0.1) is 11.8 Å². The number of nitrogens with one attached hydrogen (secondary N) is 1. The summed E-state index contributed by atoms with van der Waals surface area (Å²) in [6.45, 7) is 8.63. The maximum atomic E-state index is 3.40. The van der Waals surface area contributed by atoms with Crippen LogP contribution < -0.4 is 5.32 Å². The Morgan fingerprint density at radius 1 is 1.10 bits per heavy atom. The highest BCUT2D eigenvalue weighted by atomic mass is 32.2. The smallest absolute Gasteiger partial charge is 0.0167 e. The lowest BCUT2D eigenvalue weighted by atomic mass is 10.0. The molecule has 2 rings (SSSR count). The van der Waals surface area contributed by atoms with E-state index in [-0.39, 0.29) is 0 Å². The number of allylic oxidation sites excluding steroid dienone is 1. The first-order valence-electron chi connectivity index (χ1n) is 8.35. The fourth-order valence-corrected chi connectivity index (χ4v) is 4.10. The molecule has 1 aliphatic carbocycles. The zero-order chi connectivity index (χ0) is 15.1. The lowest BCUT2D eigenvalue weighted by Gasteiger charge is -2.21. The minimum absolute atomic E-state index is 0.844. The molecule has 1 aromatic carbocycles. The fourth-order valence-electron chi connectivity index (χ4n) is 2.85. The van der Waals surface area contributed by atoms with Crippen molar-refractivity contribution in [3.63, 3.8) is 0 Å². The Labute approximate surface area is 134 Å². The molecule has 0 bridgehead atoms. The minimum atomic E-state index is 0.844. The van der Waals surface area contributed by atoms with E-state index in [9.17, 15) is 0 Å². The van der Waals surface area contributed by atoms with Crippen LogP contribution in [0.25, 0.3) is 5.57 Å². The Morgan fingerprint density at radius 2 is 1.76 bits per heavy atom. The van der Waals surface area contributed by atoms with Gasteiger partial charge in [-0.2, -0.15) is 0 Å². The zero-order valence-corrected chi connectivity index (χ0v) is 14.6. The topological polar surface area (TPSA) is 12.0 Å². The quantitative estimate of drug-likeness (QED) is 0.743. The van der Waals surface area contributed by atoms with Crippen molar-refractivity contribution < 1.29 is 0 Å². The summed E-state index contributed by atoms with van der Waals surface area (Å²) in [4.78, 5) is 1.43. The Kier molecular flexibility index (Phi) is 6.85. The number of likely N-dealkylation sites (N-methyl/N-ethyl adjacent to an activating group) is 1. The number of hydrogen-bond donors (Lipinski definition) is 1. The standard InChI is InChI=1S/C19H29NS/c1-4-20-14-15(2)16(3)17-10-12-19(13-11-17)21-18-8-6-5-7-9-18/h10-13,18,20H,4-9,14H2,1-3H3. The van der Waals surface area contributed by atoms with Gasteiger partial charge in [0.1, 0.15) is 0 Å². The summed E-state index contributed by atoms with van der Waals surface area (Å²) in [5.74, 6) is 0. The summed E-state index contributed by atoms with van der Waals surface area (Å²) >= 11 is 2.08. The predicted octanol–water partition coefficient (Wildman–Crippen LogP) is 5.51. The minimum Gasteiger partial charge on any atom is -0.313 e. The van der Waals surface area contributed by atoms with Gasteiger partial charge in [-0.1, -0.05) is 43.9 Å². The van der Waals surface area contributed by atoms with E-state index >= 15 is 0 Å². The van der Waals surface area contributed by atoms with Crippen molar-refractivity contribution in [1.82, 2.24) is 5.32 Å². The molecule has 2 heteroatoms. The van der Waals surface area contributed by atoms with Crippen molar-refractivity contribution in [2.75, 3.05) is 13.1 Å². The first-order chi connectivity index (χ1) is 10.2. The van der Waals surface area contributed by atoms with Gasteiger partial charge in [-0.05, 0) is 56.5 Å². The van der Waals surface area contributed by atoms with Crippen molar-refractivity contribution in [2.24, 2.45) is 0 Å². The molecule has 1 nitrogen and oxygen atoms in total. The van der Waals surface area contributed by atoms with Crippen molar-refractivity contribution in [3.8, 4) is 0 Å². The Bertz CT molecular complexity index is 455. The second-order valence-corrected chi connectivity index (χ2v) is 7.46.